The molecular weight excluding hydrogens is 194 g/mol. The molecule has 0 radical (unpaired) electrons. The maximum Gasteiger partial charge on any atom is 0.372 e. The van der Waals surface area contributed by atoms with Gasteiger partial charge in [-0.3, -0.25) is 0 Å². The van der Waals surface area contributed by atoms with Crippen LogP contribution in [0.1, 0.15) is 35.9 Å². The van der Waals surface area contributed by atoms with Gasteiger partial charge in [-0.1, -0.05) is 13.3 Å². The highest BCUT2D eigenvalue weighted by molar-refractivity contribution is 5.86. The predicted octanol–water partition coefficient (Wildman–Crippen LogP) is 2.21. The number of aromatic carboxylic acids is 1. The molecule has 1 aromatic heterocycles. The van der Waals surface area contributed by atoms with Gasteiger partial charge in [-0.25, -0.2) is 4.79 Å². The van der Waals surface area contributed by atoms with E-state index in [1.54, 1.807) is 6.07 Å². The predicted molar refractivity (Wildman–Crippen MR) is 56.9 cm³/mol. The second kappa shape index (κ2) is 5.56. The number of unbranched alkanes of at least 4 members (excludes halogenated alkanes) is 1. The van der Waals surface area contributed by atoms with Crippen molar-refractivity contribution in [2.45, 2.75) is 26.3 Å². The second-order valence-corrected chi connectivity index (χ2v) is 3.67. The molecule has 1 rings (SSSR count). The van der Waals surface area contributed by atoms with E-state index >= 15 is 0 Å². The first kappa shape index (κ1) is 11.8. The van der Waals surface area contributed by atoms with Crippen LogP contribution in [0, 0.1) is 0 Å². The Kier molecular flexibility index (Phi) is 4.37. The van der Waals surface area contributed by atoms with E-state index in [-0.39, 0.29) is 5.76 Å². The minimum Gasteiger partial charge on any atom is -0.475 e. The Morgan fingerprint density at radius 1 is 1.60 bits per heavy atom. The van der Waals surface area contributed by atoms with Crippen LogP contribution >= 0.6 is 0 Å². The van der Waals surface area contributed by atoms with Crippen LogP contribution in [0.25, 0.3) is 0 Å². The summed E-state index contributed by atoms with van der Waals surface area (Å²) < 4.78 is 4.91. The van der Waals surface area contributed by atoms with Crippen LogP contribution in [0.3, 0.4) is 0 Å². The maximum atomic E-state index is 10.8. The molecule has 0 fully saturated rings. The first-order valence-electron chi connectivity index (χ1n) is 5.13. The van der Waals surface area contributed by atoms with Crippen molar-refractivity contribution in [2.24, 2.45) is 0 Å². The number of carboxylic acids is 1. The SMILES string of the molecule is CCCCN(C)Cc1ccoc1C(=O)O. The third-order valence-corrected chi connectivity index (χ3v) is 2.27. The molecule has 0 aromatic carbocycles. The highest BCUT2D eigenvalue weighted by Gasteiger charge is 2.14. The van der Waals surface area contributed by atoms with E-state index in [1.807, 2.05) is 7.05 Å². The molecule has 0 aliphatic carbocycles. The minimum atomic E-state index is -1.00. The van der Waals surface area contributed by atoms with Crippen LogP contribution in [0.4, 0.5) is 0 Å². The quantitative estimate of drug-likeness (QED) is 0.783. The molecular formula is C11H17NO3. The summed E-state index contributed by atoms with van der Waals surface area (Å²) in [7, 11) is 1.98. The smallest absolute Gasteiger partial charge is 0.372 e. The van der Waals surface area contributed by atoms with Gasteiger partial charge in [0.25, 0.3) is 0 Å². The van der Waals surface area contributed by atoms with Crippen molar-refractivity contribution in [1.82, 2.24) is 4.90 Å². The zero-order chi connectivity index (χ0) is 11.3. The Bertz CT molecular complexity index is 319. The Labute approximate surface area is 89.5 Å². The highest BCUT2D eigenvalue weighted by Crippen LogP contribution is 2.12. The normalized spacial score (nSPS) is 10.9. The Balaban J connectivity index is 2.56. The van der Waals surface area contributed by atoms with E-state index < -0.39 is 5.97 Å². The molecule has 0 atom stereocenters. The van der Waals surface area contributed by atoms with Crippen molar-refractivity contribution in [3.05, 3.63) is 23.7 Å². The van der Waals surface area contributed by atoms with E-state index in [4.69, 9.17) is 9.52 Å². The van der Waals surface area contributed by atoms with Gasteiger partial charge >= 0.3 is 5.97 Å². The van der Waals surface area contributed by atoms with Crippen molar-refractivity contribution >= 4 is 5.97 Å². The van der Waals surface area contributed by atoms with Crippen LogP contribution < -0.4 is 0 Å². The van der Waals surface area contributed by atoms with E-state index in [0.717, 1.165) is 24.9 Å². The van der Waals surface area contributed by atoms with Crippen molar-refractivity contribution in [2.75, 3.05) is 13.6 Å². The summed E-state index contributed by atoms with van der Waals surface area (Å²) in [4.78, 5) is 12.9. The fourth-order valence-electron chi connectivity index (χ4n) is 1.45. The summed E-state index contributed by atoms with van der Waals surface area (Å²) in [6.07, 6.45) is 3.69. The lowest BCUT2D eigenvalue weighted by molar-refractivity contribution is 0.0659. The number of carbonyl (C=O) groups is 1. The Morgan fingerprint density at radius 3 is 2.93 bits per heavy atom. The van der Waals surface area contributed by atoms with Gasteiger partial charge in [0, 0.05) is 12.1 Å². The summed E-state index contributed by atoms with van der Waals surface area (Å²) in [6, 6.07) is 1.71. The lowest BCUT2D eigenvalue weighted by Gasteiger charge is -2.15. The standard InChI is InChI=1S/C11H17NO3/c1-3-4-6-12(2)8-9-5-7-15-10(9)11(13)14/h5,7H,3-4,6,8H2,1-2H3,(H,13,14). The van der Waals surface area contributed by atoms with Gasteiger partial charge < -0.3 is 14.4 Å². The monoisotopic (exact) mass is 211 g/mol. The summed E-state index contributed by atoms with van der Waals surface area (Å²) in [5.41, 5.74) is 0.737. The number of hydrogen-bond acceptors (Lipinski definition) is 3. The molecule has 0 unspecified atom stereocenters. The first-order chi connectivity index (χ1) is 7.15. The highest BCUT2D eigenvalue weighted by atomic mass is 16.4. The van der Waals surface area contributed by atoms with Crippen molar-refractivity contribution in [3.63, 3.8) is 0 Å². The molecule has 0 saturated heterocycles. The molecule has 15 heavy (non-hydrogen) atoms. The fourth-order valence-corrected chi connectivity index (χ4v) is 1.45. The first-order valence-corrected chi connectivity index (χ1v) is 5.13. The zero-order valence-electron chi connectivity index (χ0n) is 9.19. The number of hydrogen-bond donors (Lipinski definition) is 1. The molecule has 4 nitrogen and oxygen atoms in total. The lowest BCUT2D eigenvalue weighted by Crippen LogP contribution is -2.19. The maximum absolute atomic E-state index is 10.8. The molecule has 0 saturated carbocycles. The van der Waals surface area contributed by atoms with Gasteiger partial charge in [-0.2, -0.15) is 0 Å². The van der Waals surface area contributed by atoms with Crippen LogP contribution in [-0.4, -0.2) is 29.6 Å². The number of rotatable bonds is 6. The molecule has 1 heterocycles. The number of carboxylic acid groups (broad SMARTS) is 1. The van der Waals surface area contributed by atoms with Gasteiger partial charge in [0.1, 0.15) is 0 Å². The Morgan fingerprint density at radius 2 is 2.33 bits per heavy atom. The molecule has 0 aliphatic rings. The Hall–Kier alpha value is -1.29. The average molecular weight is 211 g/mol. The summed E-state index contributed by atoms with van der Waals surface area (Å²) >= 11 is 0. The summed E-state index contributed by atoms with van der Waals surface area (Å²) in [5.74, 6) is -0.947. The van der Waals surface area contributed by atoms with Crippen LogP contribution in [0.5, 0.6) is 0 Å². The number of furan rings is 1. The van der Waals surface area contributed by atoms with E-state index in [1.165, 1.54) is 6.26 Å². The average Bonchev–Trinajstić information content (AvgIpc) is 2.62. The molecule has 1 aromatic rings. The molecule has 1 N–H and O–H groups in total. The third-order valence-electron chi connectivity index (χ3n) is 2.27. The number of nitrogens with zero attached hydrogens (tertiary/aromatic N) is 1. The van der Waals surface area contributed by atoms with E-state index in [2.05, 4.69) is 11.8 Å². The molecule has 0 bridgehead atoms. The van der Waals surface area contributed by atoms with E-state index in [9.17, 15) is 4.79 Å². The van der Waals surface area contributed by atoms with Crippen molar-refractivity contribution in [3.8, 4) is 0 Å². The summed E-state index contributed by atoms with van der Waals surface area (Å²) in [5, 5.41) is 8.83. The van der Waals surface area contributed by atoms with Gasteiger partial charge in [-0.15, -0.1) is 0 Å². The van der Waals surface area contributed by atoms with Gasteiger partial charge in [0.05, 0.1) is 6.26 Å². The fraction of sp³-hybridized carbons (Fsp3) is 0.545. The third kappa shape index (κ3) is 3.40. The van der Waals surface area contributed by atoms with E-state index in [0.29, 0.717) is 6.54 Å². The molecule has 4 heteroatoms. The van der Waals surface area contributed by atoms with Crippen LogP contribution in [-0.2, 0) is 6.54 Å². The van der Waals surface area contributed by atoms with Gasteiger partial charge in [0.2, 0.25) is 5.76 Å². The molecule has 0 amide bonds. The second-order valence-electron chi connectivity index (χ2n) is 3.67. The summed E-state index contributed by atoms with van der Waals surface area (Å²) in [6.45, 7) is 3.73. The lowest BCUT2D eigenvalue weighted by atomic mass is 10.2. The minimum absolute atomic E-state index is 0.0540. The molecule has 84 valence electrons. The van der Waals surface area contributed by atoms with Crippen molar-refractivity contribution < 1.29 is 14.3 Å². The van der Waals surface area contributed by atoms with Crippen LogP contribution in [0.2, 0.25) is 0 Å². The largest absolute Gasteiger partial charge is 0.475 e. The molecule has 0 aliphatic heterocycles. The van der Waals surface area contributed by atoms with Gasteiger partial charge in [0.15, 0.2) is 0 Å². The van der Waals surface area contributed by atoms with Gasteiger partial charge in [-0.05, 0) is 26.1 Å². The zero-order valence-corrected chi connectivity index (χ0v) is 9.19. The van der Waals surface area contributed by atoms with Crippen LogP contribution in [0.15, 0.2) is 16.7 Å². The van der Waals surface area contributed by atoms with Crippen molar-refractivity contribution in [1.29, 1.82) is 0 Å². The molecule has 0 spiro atoms. The topological polar surface area (TPSA) is 53.7 Å².